The first-order valence-electron chi connectivity index (χ1n) is 7.64. The maximum absolute atomic E-state index is 11.6. The van der Waals surface area contributed by atoms with Crippen molar-refractivity contribution in [1.82, 2.24) is 10.2 Å². The molecule has 2 rings (SSSR count). The number of hydrogen-bond acceptors (Lipinski definition) is 5. The molecule has 0 spiro atoms. The Hall–Kier alpha value is -2.34. The van der Waals surface area contributed by atoms with Crippen LogP contribution in [0.15, 0.2) is 36.4 Å². The minimum absolute atomic E-state index is 0.340. The molecule has 0 aliphatic rings. The molecule has 0 saturated carbocycles. The molecule has 0 aliphatic carbocycles. The highest BCUT2D eigenvalue weighted by Gasteiger charge is 2.16. The van der Waals surface area contributed by atoms with E-state index in [4.69, 9.17) is 16.3 Å². The molecule has 0 unspecified atom stereocenters. The van der Waals surface area contributed by atoms with Crippen molar-refractivity contribution in [3.63, 3.8) is 0 Å². The Morgan fingerprint density at radius 2 is 1.71 bits per heavy atom. The van der Waals surface area contributed by atoms with Gasteiger partial charge in [0, 0.05) is 11.6 Å². The summed E-state index contributed by atoms with van der Waals surface area (Å²) in [6.45, 7) is 6.11. The fourth-order valence-electron chi connectivity index (χ4n) is 1.89. The van der Waals surface area contributed by atoms with E-state index in [9.17, 15) is 4.79 Å². The number of ether oxygens (including phenoxy) is 1. The Labute approximate surface area is 146 Å². The van der Waals surface area contributed by atoms with Crippen LogP contribution in [0.4, 0.5) is 16.4 Å². The lowest BCUT2D eigenvalue weighted by Crippen LogP contribution is -2.27. The van der Waals surface area contributed by atoms with E-state index in [1.807, 2.05) is 24.3 Å². The highest BCUT2D eigenvalue weighted by Crippen LogP contribution is 2.12. The summed E-state index contributed by atoms with van der Waals surface area (Å²) in [7, 11) is 0. The molecule has 6 nitrogen and oxygen atoms in total. The molecule has 2 aromatic rings. The van der Waals surface area contributed by atoms with Gasteiger partial charge in [-0.05, 0) is 57.0 Å². The van der Waals surface area contributed by atoms with Crippen molar-refractivity contribution in [3.05, 3.63) is 47.0 Å². The quantitative estimate of drug-likeness (QED) is 0.849. The Morgan fingerprint density at radius 1 is 1.08 bits per heavy atom. The van der Waals surface area contributed by atoms with Crippen molar-refractivity contribution in [2.24, 2.45) is 0 Å². The van der Waals surface area contributed by atoms with E-state index >= 15 is 0 Å². The van der Waals surface area contributed by atoms with E-state index < -0.39 is 11.7 Å². The van der Waals surface area contributed by atoms with Crippen LogP contribution in [0, 0.1) is 0 Å². The predicted molar refractivity (Wildman–Crippen MR) is 95.5 cm³/mol. The predicted octanol–water partition coefficient (Wildman–Crippen LogP) is 4.13. The Bertz CT molecular complexity index is 666. The zero-order valence-corrected chi connectivity index (χ0v) is 14.7. The van der Waals surface area contributed by atoms with Gasteiger partial charge in [-0.1, -0.05) is 23.7 Å². The highest BCUT2D eigenvalue weighted by molar-refractivity contribution is 6.30. The van der Waals surface area contributed by atoms with Crippen molar-refractivity contribution in [2.45, 2.75) is 32.8 Å². The van der Waals surface area contributed by atoms with Gasteiger partial charge in [-0.3, -0.25) is 5.32 Å². The van der Waals surface area contributed by atoms with Crippen molar-refractivity contribution in [3.8, 4) is 0 Å². The maximum Gasteiger partial charge on any atom is 0.413 e. The van der Waals surface area contributed by atoms with Crippen molar-refractivity contribution in [1.29, 1.82) is 0 Å². The normalized spacial score (nSPS) is 11.0. The number of hydrogen-bond donors (Lipinski definition) is 2. The third kappa shape index (κ3) is 6.42. The number of carbonyl (C=O) groups is 1. The second kappa shape index (κ2) is 7.97. The summed E-state index contributed by atoms with van der Waals surface area (Å²) in [4.78, 5) is 11.6. The second-order valence-electron chi connectivity index (χ2n) is 6.23. The molecule has 1 aromatic heterocycles. The number of carbonyl (C=O) groups excluding carboxylic acids is 1. The van der Waals surface area contributed by atoms with Gasteiger partial charge in [-0.2, -0.15) is 0 Å². The van der Waals surface area contributed by atoms with Gasteiger partial charge >= 0.3 is 6.09 Å². The topological polar surface area (TPSA) is 76.1 Å². The van der Waals surface area contributed by atoms with Crippen molar-refractivity contribution < 1.29 is 9.53 Å². The third-order valence-corrected chi connectivity index (χ3v) is 3.18. The van der Waals surface area contributed by atoms with Gasteiger partial charge in [0.2, 0.25) is 0 Å². The molecule has 0 radical (unpaired) electrons. The van der Waals surface area contributed by atoms with Gasteiger partial charge in [0.05, 0.1) is 0 Å². The monoisotopic (exact) mass is 348 g/mol. The lowest BCUT2D eigenvalue weighted by Gasteiger charge is -2.19. The number of aromatic nitrogens is 2. The van der Waals surface area contributed by atoms with Gasteiger partial charge < -0.3 is 10.1 Å². The lowest BCUT2D eigenvalue weighted by atomic mass is 10.1. The Kier molecular flexibility index (Phi) is 5.98. The second-order valence-corrected chi connectivity index (χ2v) is 6.67. The van der Waals surface area contributed by atoms with E-state index in [2.05, 4.69) is 20.8 Å². The number of nitrogens with one attached hydrogen (secondary N) is 2. The minimum atomic E-state index is -0.555. The molecule has 0 aliphatic heterocycles. The zero-order valence-electron chi connectivity index (χ0n) is 14.0. The molecule has 2 N–H and O–H groups in total. The van der Waals surface area contributed by atoms with Crippen molar-refractivity contribution >= 4 is 29.3 Å². The smallest absolute Gasteiger partial charge is 0.413 e. The van der Waals surface area contributed by atoms with E-state index in [0.29, 0.717) is 11.6 Å². The van der Waals surface area contributed by atoms with E-state index in [0.717, 1.165) is 18.0 Å². The number of anilines is 2. The Morgan fingerprint density at radius 3 is 2.29 bits per heavy atom. The molecule has 0 bridgehead atoms. The van der Waals surface area contributed by atoms with Gasteiger partial charge in [0.1, 0.15) is 11.4 Å². The van der Waals surface area contributed by atoms with E-state index in [1.54, 1.807) is 32.9 Å². The summed E-state index contributed by atoms with van der Waals surface area (Å²) in [5, 5.41) is 14.4. The molecule has 1 amide bonds. The van der Waals surface area contributed by atoms with E-state index in [-0.39, 0.29) is 0 Å². The summed E-state index contributed by atoms with van der Waals surface area (Å²) < 4.78 is 5.15. The number of amides is 1. The van der Waals surface area contributed by atoms with Crippen LogP contribution in [0.2, 0.25) is 5.02 Å². The zero-order chi connectivity index (χ0) is 17.6. The fourth-order valence-corrected chi connectivity index (χ4v) is 2.01. The molecule has 1 heterocycles. The molecule has 1 aromatic carbocycles. The van der Waals surface area contributed by atoms with Crippen LogP contribution in [0.5, 0.6) is 0 Å². The van der Waals surface area contributed by atoms with Crippen LogP contribution in [0.25, 0.3) is 0 Å². The summed E-state index contributed by atoms with van der Waals surface area (Å²) in [6.07, 6.45) is 0.289. The summed E-state index contributed by atoms with van der Waals surface area (Å²) >= 11 is 5.85. The van der Waals surface area contributed by atoms with Crippen LogP contribution < -0.4 is 10.6 Å². The third-order valence-electron chi connectivity index (χ3n) is 2.93. The largest absolute Gasteiger partial charge is 0.444 e. The standard InChI is InChI=1S/C17H21ClN4O2/c1-17(2,3)24-16(23)20-15-9-8-14(21-22-15)19-11-10-12-4-6-13(18)7-5-12/h4-9H,10-11H2,1-3H3,(H,19,21)(H,20,22,23). The minimum Gasteiger partial charge on any atom is -0.444 e. The van der Waals surface area contributed by atoms with Gasteiger partial charge in [-0.15, -0.1) is 10.2 Å². The van der Waals surface area contributed by atoms with Gasteiger partial charge in [0.25, 0.3) is 0 Å². The molecule has 0 atom stereocenters. The summed E-state index contributed by atoms with van der Waals surface area (Å²) in [5.41, 5.74) is 0.629. The SMILES string of the molecule is CC(C)(C)OC(=O)Nc1ccc(NCCc2ccc(Cl)cc2)nn1. The van der Waals surface area contributed by atoms with Crippen LogP contribution in [0.1, 0.15) is 26.3 Å². The van der Waals surface area contributed by atoms with Gasteiger partial charge in [0.15, 0.2) is 5.82 Å². The molecule has 0 fully saturated rings. The van der Waals surface area contributed by atoms with Crippen LogP contribution in [0.3, 0.4) is 0 Å². The first-order valence-corrected chi connectivity index (χ1v) is 8.02. The number of benzene rings is 1. The van der Waals surface area contributed by atoms with Gasteiger partial charge in [-0.25, -0.2) is 4.79 Å². The van der Waals surface area contributed by atoms with Crippen molar-refractivity contribution in [2.75, 3.05) is 17.2 Å². The average Bonchev–Trinajstić information content (AvgIpc) is 2.49. The van der Waals surface area contributed by atoms with E-state index in [1.165, 1.54) is 5.56 Å². The first-order chi connectivity index (χ1) is 11.3. The average molecular weight is 349 g/mol. The Balaban J connectivity index is 1.79. The molecular formula is C17H21ClN4O2. The summed E-state index contributed by atoms with van der Waals surface area (Å²) in [6, 6.07) is 11.1. The van der Waals surface area contributed by atoms with Crippen LogP contribution in [-0.4, -0.2) is 28.4 Å². The number of halogens is 1. The molecule has 24 heavy (non-hydrogen) atoms. The van der Waals surface area contributed by atoms with Crippen LogP contribution >= 0.6 is 11.6 Å². The van der Waals surface area contributed by atoms with Crippen LogP contribution in [-0.2, 0) is 11.2 Å². The molecular weight excluding hydrogens is 328 g/mol. The maximum atomic E-state index is 11.6. The highest BCUT2D eigenvalue weighted by atomic mass is 35.5. The molecule has 0 saturated heterocycles. The molecule has 128 valence electrons. The number of rotatable bonds is 5. The fraction of sp³-hybridized carbons (Fsp3) is 0.353. The molecule has 7 heteroatoms. The first kappa shape index (κ1) is 18.0. The lowest BCUT2D eigenvalue weighted by molar-refractivity contribution is 0.0635. The number of nitrogens with zero attached hydrogens (tertiary/aromatic N) is 2. The summed E-state index contributed by atoms with van der Waals surface area (Å²) in [5.74, 6) is 0.978.